The van der Waals surface area contributed by atoms with Crippen molar-refractivity contribution in [3.63, 3.8) is 0 Å². The van der Waals surface area contributed by atoms with Gasteiger partial charge in [0.15, 0.2) is 5.60 Å². The van der Waals surface area contributed by atoms with Gasteiger partial charge < -0.3 is 10.2 Å². The second-order valence-corrected chi connectivity index (χ2v) is 9.03. The molecule has 0 aliphatic carbocycles. The number of para-hydroxylation sites is 2. The number of amides is 2. The summed E-state index contributed by atoms with van der Waals surface area (Å²) >= 11 is 0. The highest BCUT2D eigenvalue weighted by Crippen LogP contribution is 2.50. The molecule has 2 heterocycles. The summed E-state index contributed by atoms with van der Waals surface area (Å²) in [5, 5.41) is 21.2. The zero-order valence-corrected chi connectivity index (χ0v) is 19.6. The fraction of sp³-hybridized carbons (Fsp3) is 0.241. The van der Waals surface area contributed by atoms with Crippen molar-refractivity contribution < 1.29 is 19.8 Å². The molecule has 35 heavy (non-hydrogen) atoms. The van der Waals surface area contributed by atoms with E-state index in [0.717, 1.165) is 11.3 Å². The summed E-state index contributed by atoms with van der Waals surface area (Å²) in [6.07, 6.45) is 5.06. The minimum Gasteiger partial charge on any atom is -0.396 e. The number of nitrogens with zero attached hydrogens (tertiary/aromatic N) is 2. The van der Waals surface area contributed by atoms with E-state index in [1.807, 2.05) is 66.7 Å². The Morgan fingerprint density at radius 3 is 2.43 bits per heavy atom. The van der Waals surface area contributed by atoms with Crippen molar-refractivity contribution in [1.29, 1.82) is 0 Å². The second-order valence-electron chi connectivity index (χ2n) is 9.03. The molecule has 2 amide bonds. The second kappa shape index (κ2) is 9.13. The molecule has 0 spiro atoms. The third kappa shape index (κ3) is 3.75. The molecule has 6 heteroatoms. The van der Waals surface area contributed by atoms with E-state index in [9.17, 15) is 14.7 Å². The van der Waals surface area contributed by atoms with Gasteiger partial charge in [-0.15, -0.1) is 0 Å². The Hall–Kier alpha value is -3.74. The highest BCUT2D eigenvalue weighted by atomic mass is 16.3. The lowest BCUT2D eigenvalue weighted by atomic mass is 9.82. The third-order valence-electron chi connectivity index (χ3n) is 6.90. The molecule has 0 saturated heterocycles. The van der Waals surface area contributed by atoms with Crippen molar-refractivity contribution in [3.05, 3.63) is 96.1 Å². The minimum absolute atomic E-state index is 0.0110. The number of carbonyl (C=O) groups is 2. The molecule has 0 aromatic heterocycles. The van der Waals surface area contributed by atoms with Gasteiger partial charge in [-0.05, 0) is 54.8 Å². The van der Waals surface area contributed by atoms with E-state index in [4.69, 9.17) is 5.11 Å². The standard InChI is InChI=1S/C29H28N2O4/c1-20(9-7-8-18-32)29(35)24-19-23(30-25-13-6-5-10-21(25)14-17-27(30)33)15-16-26(24)31(28(29)34)22-11-3-2-4-12-22/h2-7,9-13,15-16,19-20,32,35H,8,14,17-18H2,1H3/b9-7+/t20-,29+/m1/s1. The van der Waals surface area contributed by atoms with Crippen molar-refractivity contribution in [3.8, 4) is 0 Å². The number of carbonyl (C=O) groups excluding carboxylic acids is 2. The lowest BCUT2D eigenvalue weighted by Crippen LogP contribution is -2.42. The number of anilines is 4. The van der Waals surface area contributed by atoms with E-state index >= 15 is 0 Å². The molecule has 0 radical (unpaired) electrons. The Bertz CT molecular complexity index is 1300. The normalized spacial score (nSPS) is 20.3. The van der Waals surface area contributed by atoms with Gasteiger partial charge >= 0.3 is 0 Å². The molecular formula is C29H28N2O4. The van der Waals surface area contributed by atoms with E-state index < -0.39 is 17.4 Å². The van der Waals surface area contributed by atoms with Gasteiger partial charge in [-0.25, -0.2) is 0 Å². The van der Waals surface area contributed by atoms with Crippen molar-refractivity contribution in [2.75, 3.05) is 16.4 Å². The van der Waals surface area contributed by atoms with Gasteiger partial charge in [-0.1, -0.05) is 55.5 Å². The lowest BCUT2D eigenvalue weighted by Gasteiger charge is -2.31. The number of rotatable bonds is 6. The van der Waals surface area contributed by atoms with E-state index in [-0.39, 0.29) is 12.5 Å². The number of aliphatic hydroxyl groups excluding tert-OH is 1. The van der Waals surface area contributed by atoms with E-state index in [1.54, 1.807) is 34.9 Å². The average molecular weight is 469 g/mol. The SMILES string of the molecule is C[C@H](/C=C/CCO)[C@@]1(O)C(=O)N(c2ccccc2)c2ccc(N3C(=O)CCc4ccccc43)cc21. The molecule has 0 saturated carbocycles. The summed E-state index contributed by atoms with van der Waals surface area (Å²) < 4.78 is 0. The van der Waals surface area contributed by atoms with Crippen LogP contribution in [0.1, 0.15) is 30.9 Å². The molecule has 178 valence electrons. The molecular weight excluding hydrogens is 440 g/mol. The molecule has 5 rings (SSSR count). The van der Waals surface area contributed by atoms with Gasteiger partial charge in [-0.3, -0.25) is 19.4 Å². The van der Waals surface area contributed by atoms with Gasteiger partial charge in [-0.2, -0.15) is 0 Å². The van der Waals surface area contributed by atoms with Crippen molar-refractivity contribution >= 4 is 34.6 Å². The molecule has 6 nitrogen and oxygen atoms in total. The Labute approximate surface area is 204 Å². The van der Waals surface area contributed by atoms with Crippen LogP contribution in [0.5, 0.6) is 0 Å². The molecule has 2 aliphatic heterocycles. The Kier molecular flexibility index (Phi) is 6.01. The third-order valence-corrected chi connectivity index (χ3v) is 6.90. The van der Waals surface area contributed by atoms with Crippen LogP contribution < -0.4 is 9.80 Å². The maximum Gasteiger partial charge on any atom is 0.268 e. The van der Waals surface area contributed by atoms with Crippen LogP contribution in [0.3, 0.4) is 0 Å². The highest BCUT2D eigenvalue weighted by Gasteiger charge is 2.53. The van der Waals surface area contributed by atoms with Crippen LogP contribution in [0.25, 0.3) is 0 Å². The zero-order valence-electron chi connectivity index (χ0n) is 19.6. The molecule has 2 aliphatic rings. The summed E-state index contributed by atoms with van der Waals surface area (Å²) in [6, 6.07) is 22.5. The van der Waals surface area contributed by atoms with E-state index in [1.165, 1.54) is 0 Å². The number of aryl methyl sites for hydroxylation is 1. The molecule has 0 fully saturated rings. The molecule has 0 bridgehead atoms. The molecule has 0 unspecified atom stereocenters. The van der Waals surface area contributed by atoms with Crippen molar-refractivity contribution in [2.45, 2.75) is 31.8 Å². The summed E-state index contributed by atoms with van der Waals surface area (Å²) in [7, 11) is 0. The number of hydrogen-bond donors (Lipinski definition) is 2. The fourth-order valence-electron chi connectivity index (χ4n) is 5.06. The maximum atomic E-state index is 13.8. The summed E-state index contributed by atoms with van der Waals surface area (Å²) in [5.74, 6) is -1.02. The zero-order chi connectivity index (χ0) is 24.6. The minimum atomic E-state index is -1.83. The smallest absolute Gasteiger partial charge is 0.268 e. The predicted octanol–water partition coefficient (Wildman–Crippen LogP) is 4.74. The predicted molar refractivity (Wildman–Crippen MR) is 136 cm³/mol. The van der Waals surface area contributed by atoms with Crippen LogP contribution in [0.15, 0.2) is 84.9 Å². The first-order valence-corrected chi connectivity index (χ1v) is 11.9. The van der Waals surface area contributed by atoms with Crippen LogP contribution in [-0.4, -0.2) is 28.6 Å². The number of aliphatic hydroxyl groups is 2. The van der Waals surface area contributed by atoms with Gasteiger partial charge in [0.25, 0.3) is 5.91 Å². The van der Waals surface area contributed by atoms with Crippen LogP contribution in [-0.2, 0) is 21.6 Å². The fourth-order valence-corrected chi connectivity index (χ4v) is 5.06. The number of hydrogen-bond acceptors (Lipinski definition) is 4. The highest BCUT2D eigenvalue weighted by molar-refractivity contribution is 6.13. The topological polar surface area (TPSA) is 81.1 Å². The maximum absolute atomic E-state index is 13.8. The Balaban J connectivity index is 1.66. The van der Waals surface area contributed by atoms with Gasteiger partial charge in [0.05, 0.1) is 11.4 Å². The Morgan fingerprint density at radius 2 is 1.66 bits per heavy atom. The first-order chi connectivity index (χ1) is 17.0. The van der Waals surface area contributed by atoms with Crippen molar-refractivity contribution in [2.24, 2.45) is 5.92 Å². The van der Waals surface area contributed by atoms with E-state index in [0.29, 0.717) is 41.9 Å². The first kappa shape index (κ1) is 23.0. The van der Waals surface area contributed by atoms with Crippen molar-refractivity contribution in [1.82, 2.24) is 0 Å². The molecule has 2 atom stereocenters. The molecule has 2 N–H and O–H groups in total. The largest absolute Gasteiger partial charge is 0.396 e. The van der Waals surface area contributed by atoms with Crippen LogP contribution in [0.2, 0.25) is 0 Å². The van der Waals surface area contributed by atoms with Crippen LogP contribution in [0, 0.1) is 5.92 Å². The van der Waals surface area contributed by atoms with Crippen LogP contribution in [0.4, 0.5) is 22.7 Å². The molecule has 3 aromatic carbocycles. The summed E-state index contributed by atoms with van der Waals surface area (Å²) in [4.78, 5) is 30.1. The summed E-state index contributed by atoms with van der Waals surface area (Å²) in [5.41, 5.74) is 2.42. The monoisotopic (exact) mass is 468 g/mol. The van der Waals surface area contributed by atoms with Crippen LogP contribution >= 0.6 is 0 Å². The Morgan fingerprint density at radius 1 is 0.914 bits per heavy atom. The van der Waals surface area contributed by atoms with Gasteiger partial charge in [0.1, 0.15) is 0 Å². The number of fused-ring (bicyclic) bond motifs is 2. The quantitative estimate of drug-likeness (QED) is 0.512. The number of benzene rings is 3. The van der Waals surface area contributed by atoms with Gasteiger partial charge in [0.2, 0.25) is 5.91 Å². The van der Waals surface area contributed by atoms with E-state index in [2.05, 4.69) is 0 Å². The molecule has 3 aromatic rings. The lowest BCUT2D eigenvalue weighted by molar-refractivity contribution is -0.138. The average Bonchev–Trinajstić information content (AvgIpc) is 3.11. The summed E-state index contributed by atoms with van der Waals surface area (Å²) in [6.45, 7) is 1.78. The van der Waals surface area contributed by atoms with Gasteiger partial charge in [0, 0.05) is 35.9 Å². The first-order valence-electron chi connectivity index (χ1n) is 11.9.